The molecular formula is C21H29F4N3O6. The van der Waals surface area contributed by atoms with Gasteiger partial charge < -0.3 is 30.9 Å². The number of carboxylic acids is 1. The quantitative estimate of drug-likeness (QED) is 0.270. The largest absolute Gasteiger partial charge is 0.480 e. The molecule has 0 fully saturated rings. The summed E-state index contributed by atoms with van der Waals surface area (Å²) in [5, 5.41) is 14.0. The maximum absolute atomic E-state index is 13.0. The molecule has 5 N–H and O–H groups in total. The Morgan fingerprint density at radius 1 is 1.00 bits per heavy atom. The van der Waals surface area contributed by atoms with Crippen LogP contribution in [0.15, 0.2) is 30.3 Å². The van der Waals surface area contributed by atoms with E-state index in [-0.39, 0.29) is 18.8 Å². The fourth-order valence-electron chi connectivity index (χ4n) is 3.02. The number of amides is 2. The summed E-state index contributed by atoms with van der Waals surface area (Å²) < 4.78 is 58.8. The van der Waals surface area contributed by atoms with Crippen LogP contribution in [0.4, 0.5) is 17.6 Å². The molecule has 1 unspecified atom stereocenters. The molecule has 2 amide bonds. The number of aliphatic carboxylic acids is 1. The van der Waals surface area contributed by atoms with E-state index in [0.717, 1.165) is 0 Å². The van der Waals surface area contributed by atoms with Crippen LogP contribution in [0, 0.1) is 5.92 Å². The Balaban J connectivity index is 3.02. The SMILES string of the molecule is CC(C)C[C@H](NC(=O)[C@@H](N)COC(F)F)C(=O)N[C@H](C(=O)O)C(Cc1ccccc1)OC(F)F. The molecule has 1 aromatic carbocycles. The standard InChI is InChI=1S/C21H29F4N3O6/c1-11(2)8-14(27-17(29)13(26)10-33-20(22)23)18(30)28-16(19(31)32)15(34-21(24)25)9-12-6-4-3-5-7-12/h3-7,11,13-16,20-21H,8-10,26H2,1-2H3,(H,27,29)(H,28,30)(H,31,32)/t13-,14-,15?,16-/m0/s1. The smallest absolute Gasteiger partial charge is 0.345 e. The summed E-state index contributed by atoms with van der Waals surface area (Å²) in [5.74, 6) is -3.79. The molecule has 0 bridgehead atoms. The zero-order chi connectivity index (χ0) is 25.8. The number of hydrogen-bond acceptors (Lipinski definition) is 6. The highest BCUT2D eigenvalue weighted by molar-refractivity contribution is 5.92. The molecule has 4 atom stereocenters. The number of rotatable bonds is 15. The number of carboxylic acid groups (broad SMARTS) is 1. The lowest BCUT2D eigenvalue weighted by Crippen LogP contribution is -2.58. The fourth-order valence-corrected chi connectivity index (χ4v) is 3.02. The first kappa shape index (κ1) is 29.3. The maximum atomic E-state index is 13.0. The third-order valence-electron chi connectivity index (χ3n) is 4.57. The summed E-state index contributed by atoms with van der Waals surface area (Å²) in [4.78, 5) is 36.9. The number of halogens is 4. The van der Waals surface area contributed by atoms with Crippen LogP contribution in [-0.2, 0) is 30.3 Å². The third kappa shape index (κ3) is 10.9. The first-order valence-electron chi connectivity index (χ1n) is 10.4. The van der Waals surface area contributed by atoms with Gasteiger partial charge in [0.2, 0.25) is 11.8 Å². The molecular weight excluding hydrogens is 466 g/mol. The minimum Gasteiger partial charge on any atom is -0.480 e. The average molecular weight is 495 g/mol. The van der Waals surface area contributed by atoms with Gasteiger partial charge >= 0.3 is 19.2 Å². The van der Waals surface area contributed by atoms with Crippen molar-refractivity contribution >= 4 is 17.8 Å². The van der Waals surface area contributed by atoms with Crippen LogP contribution in [0.2, 0.25) is 0 Å². The van der Waals surface area contributed by atoms with E-state index in [1.807, 2.05) is 0 Å². The summed E-state index contributed by atoms with van der Waals surface area (Å²) in [5.41, 5.74) is 5.98. The molecule has 0 heterocycles. The lowest BCUT2D eigenvalue weighted by atomic mass is 9.99. The van der Waals surface area contributed by atoms with Crippen LogP contribution < -0.4 is 16.4 Å². The second-order valence-electron chi connectivity index (χ2n) is 7.84. The van der Waals surface area contributed by atoms with Crippen molar-refractivity contribution in [3.05, 3.63) is 35.9 Å². The predicted molar refractivity (Wildman–Crippen MR) is 112 cm³/mol. The lowest BCUT2D eigenvalue weighted by Gasteiger charge is -2.28. The van der Waals surface area contributed by atoms with E-state index in [1.54, 1.807) is 44.2 Å². The van der Waals surface area contributed by atoms with E-state index in [9.17, 15) is 37.1 Å². The molecule has 0 spiro atoms. The summed E-state index contributed by atoms with van der Waals surface area (Å²) in [7, 11) is 0. The van der Waals surface area contributed by atoms with Crippen molar-refractivity contribution in [1.29, 1.82) is 0 Å². The molecule has 192 valence electrons. The van der Waals surface area contributed by atoms with Crippen LogP contribution in [0.3, 0.4) is 0 Å². The molecule has 0 aliphatic rings. The van der Waals surface area contributed by atoms with E-state index in [0.29, 0.717) is 5.56 Å². The Morgan fingerprint density at radius 3 is 2.12 bits per heavy atom. The first-order chi connectivity index (χ1) is 15.9. The number of carbonyl (C=O) groups is 3. The molecule has 34 heavy (non-hydrogen) atoms. The van der Waals surface area contributed by atoms with Gasteiger partial charge in [-0.15, -0.1) is 0 Å². The van der Waals surface area contributed by atoms with Crippen LogP contribution in [0.1, 0.15) is 25.8 Å². The number of nitrogens with one attached hydrogen (secondary N) is 2. The van der Waals surface area contributed by atoms with E-state index in [2.05, 4.69) is 20.1 Å². The number of hydrogen-bond donors (Lipinski definition) is 4. The van der Waals surface area contributed by atoms with Crippen molar-refractivity contribution < 1.29 is 46.5 Å². The van der Waals surface area contributed by atoms with Crippen LogP contribution in [-0.4, -0.2) is 66.9 Å². The van der Waals surface area contributed by atoms with Gasteiger partial charge in [0.05, 0.1) is 12.7 Å². The highest BCUT2D eigenvalue weighted by atomic mass is 19.3. The minimum atomic E-state index is -3.31. The maximum Gasteiger partial charge on any atom is 0.345 e. The van der Waals surface area contributed by atoms with Gasteiger partial charge in [-0.1, -0.05) is 44.2 Å². The van der Waals surface area contributed by atoms with Crippen molar-refractivity contribution in [2.24, 2.45) is 11.7 Å². The van der Waals surface area contributed by atoms with Crippen LogP contribution in [0.5, 0.6) is 0 Å². The molecule has 0 saturated heterocycles. The molecule has 0 aromatic heterocycles. The second-order valence-corrected chi connectivity index (χ2v) is 7.84. The van der Waals surface area contributed by atoms with Gasteiger partial charge in [0.25, 0.3) is 0 Å². The molecule has 13 heteroatoms. The molecule has 1 aromatic rings. The summed E-state index contributed by atoms with van der Waals surface area (Å²) >= 11 is 0. The molecule has 0 radical (unpaired) electrons. The molecule has 0 saturated carbocycles. The van der Waals surface area contributed by atoms with Gasteiger partial charge in [-0.25, -0.2) is 4.79 Å². The number of ether oxygens (including phenoxy) is 2. The zero-order valence-corrected chi connectivity index (χ0v) is 18.6. The summed E-state index contributed by atoms with van der Waals surface area (Å²) in [6.07, 6.45) is -1.87. The van der Waals surface area contributed by atoms with Crippen molar-refractivity contribution in [1.82, 2.24) is 10.6 Å². The fraction of sp³-hybridized carbons (Fsp3) is 0.571. The number of carbonyl (C=O) groups excluding carboxylic acids is 2. The molecule has 9 nitrogen and oxygen atoms in total. The number of nitrogens with two attached hydrogens (primary N) is 1. The summed E-state index contributed by atoms with van der Waals surface area (Å²) in [6, 6.07) is 3.34. The lowest BCUT2D eigenvalue weighted by molar-refractivity contribution is -0.179. The van der Waals surface area contributed by atoms with E-state index >= 15 is 0 Å². The average Bonchev–Trinajstić information content (AvgIpc) is 2.74. The molecule has 1 rings (SSSR count). The first-order valence-corrected chi connectivity index (χ1v) is 10.4. The van der Waals surface area contributed by atoms with Crippen molar-refractivity contribution in [3.8, 4) is 0 Å². The van der Waals surface area contributed by atoms with Crippen molar-refractivity contribution in [2.45, 2.75) is 64.1 Å². The van der Waals surface area contributed by atoms with E-state index in [1.165, 1.54) is 0 Å². The highest BCUT2D eigenvalue weighted by Gasteiger charge is 2.35. The highest BCUT2D eigenvalue weighted by Crippen LogP contribution is 2.15. The zero-order valence-electron chi connectivity index (χ0n) is 18.6. The number of alkyl halides is 4. The Kier molecular flexibility index (Phi) is 12.5. The third-order valence-corrected chi connectivity index (χ3v) is 4.57. The predicted octanol–water partition coefficient (Wildman–Crippen LogP) is 1.50. The van der Waals surface area contributed by atoms with Gasteiger partial charge in [0.15, 0.2) is 6.04 Å². The Bertz CT molecular complexity index is 785. The Morgan fingerprint density at radius 2 is 1.62 bits per heavy atom. The van der Waals surface area contributed by atoms with Gasteiger partial charge in [-0.3, -0.25) is 9.59 Å². The van der Waals surface area contributed by atoms with Gasteiger partial charge in [0, 0.05) is 6.42 Å². The normalized spacial score (nSPS) is 15.1. The van der Waals surface area contributed by atoms with E-state index in [4.69, 9.17) is 5.73 Å². The van der Waals surface area contributed by atoms with Crippen molar-refractivity contribution in [3.63, 3.8) is 0 Å². The Hall–Kier alpha value is -2.77. The minimum absolute atomic E-state index is 0.0192. The molecule has 0 aliphatic carbocycles. The van der Waals surface area contributed by atoms with E-state index < -0.39 is 61.8 Å². The van der Waals surface area contributed by atoms with Crippen LogP contribution in [0.25, 0.3) is 0 Å². The van der Waals surface area contributed by atoms with Gasteiger partial charge in [-0.2, -0.15) is 17.6 Å². The molecule has 0 aliphatic heterocycles. The second kappa shape index (κ2) is 14.5. The monoisotopic (exact) mass is 495 g/mol. The van der Waals surface area contributed by atoms with Crippen molar-refractivity contribution in [2.75, 3.05) is 6.61 Å². The van der Waals surface area contributed by atoms with Gasteiger partial charge in [0.1, 0.15) is 12.1 Å². The number of benzene rings is 1. The Labute approximate surface area is 194 Å². The summed E-state index contributed by atoms with van der Waals surface area (Å²) in [6.45, 7) is -3.87. The van der Waals surface area contributed by atoms with Crippen LogP contribution >= 0.6 is 0 Å². The topological polar surface area (TPSA) is 140 Å². The van der Waals surface area contributed by atoms with Gasteiger partial charge in [-0.05, 0) is 17.9 Å².